The number of esters is 1. The van der Waals surface area contributed by atoms with Crippen molar-refractivity contribution in [3.05, 3.63) is 25.3 Å². The van der Waals surface area contributed by atoms with E-state index >= 15 is 0 Å². The van der Waals surface area contributed by atoms with Gasteiger partial charge in [-0.15, -0.1) is 6.58 Å². The van der Waals surface area contributed by atoms with E-state index in [0.29, 0.717) is 6.42 Å². The number of nitrogens with one attached hydrogen (secondary N) is 1. The SMILES string of the molecule is C=CCCOC(=O)[C@@H](NC(=O)C=C)C(C)(C)C. The van der Waals surface area contributed by atoms with Crippen molar-refractivity contribution < 1.29 is 14.3 Å². The lowest BCUT2D eigenvalue weighted by Gasteiger charge is -2.29. The summed E-state index contributed by atoms with van der Waals surface area (Å²) in [5.74, 6) is -0.819. The van der Waals surface area contributed by atoms with Crippen molar-refractivity contribution in [2.45, 2.75) is 33.2 Å². The van der Waals surface area contributed by atoms with Crippen molar-refractivity contribution in [2.75, 3.05) is 6.61 Å². The molecule has 0 unspecified atom stereocenters. The third-order valence-corrected chi connectivity index (χ3v) is 2.14. The largest absolute Gasteiger partial charge is 0.464 e. The van der Waals surface area contributed by atoms with E-state index < -0.39 is 17.4 Å². The molecule has 0 saturated carbocycles. The molecule has 96 valence electrons. The van der Waals surface area contributed by atoms with Crippen LogP contribution in [0.4, 0.5) is 0 Å². The van der Waals surface area contributed by atoms with Gasteiger partial charge in [0.15, 0.2) is 0 Å². The predicted molar refractivity (Wildman–Crippen MR) is 67.4 cm³/mol. The minimum absolute atomic E-state index is 0.277. The summed E-state index contributed by atoms with van der Waals surface area (Å²) < 4.78 is 5.06. The minimum Gasteiger partial charge on any atom is -0.464 e. The van der Waals surface area contributed by atoms with E-state index in [1.165, 1.54) is 0 Å². The molecule has 0 spiro atoms. The first-order valence-electron chi connectivity index (χ1n) is 5.53. The number of hydrogen-bond acceptors (Lipinski definition) is 3. The van der Waals surface area contributed by atoms with Crippen LogP contribution >= 0.6 is 0 Å². The number of rotatable bonds is 6. The van der Waals surface area contributed by atoms with Gasteiger partial charge in [0.25, 0.3) is 0 Å². The van der Waals surface area contributed by atoms with Crippen LogP contribution < -0.4 is 5.32 Å². The highest BCUT2D eigenvalue weighted by atomic mass is 16.5. The number of carbonyl (C=O) groups is 2. The molecule has 0 radical (unpaired) electrons. The van der Waals surface area contributed by atoms with Crippen LogP contribution in [-0.4, -0.2) is 24.5 Å². The number of ether oxygens (including phenoxy) is 1. The molecular formula is C13H21NO3. The van der Waals surface area contributed by atoms with Crippen LogP contribution in [0.2, 0.25) is 0 Å². The molecule has 0 rings (SSSR count). The number of amides is 1. The van der Waals surface area contributed by atoms with Gasteiger partial charge in [-0.2, -0.15) is 0 Å². The van der Waals surface area contributed by atoms with Crippen molar-refractivity contribution in [2.24, 2.45) is 5.41 Å². The molecule has 4 nitrogen and oxygen atoms in total. The van der Waals surface area contributed by atoms with Crippen LogP contribution in [0.1, 0.15) is 27.2 Å². The molecule has 0 aliphatic heterocycles. The molecule has 0 heterocycles. The van der Waals surface area contributed by atoms with E-state index in [2.05, 4.69) is 18.5 Å². The van der Waals surface area contributed by atoms with Crippen molar-refractivity contribution in [1.29, 1.82) is 0 Å². The first kappa shape index (κ1) is 15.4. The maximum atomic E-state index is 11.8. The Balaban J connectivity index is 4.57. The number of hydrogen-bond donors (Lipinski definition) is 1. The molecule has 17 heavy (non-hydrogen) atoms. The summed E-state index contributed by atoms with van der Waals surface area (Å²) in [6.45, 7) is 12.7. The molecule has 0 saturated heterocycles. The van der Waals surface area contributed by atoms with Gasteiger partial charge in [0.2, 0.25) is 5.91 Å². The molecule has 1 N–H and O–H groups in total. The average Bonchev–Trinajstić information content (AvgIpc) is 2.24. The smallest absolute Gasteiger partial charge is 0.329 e. The van der Waals surface area contributed by atoms with Crippen molar-refractivity contribution in [1.82, 2.24) is 5.32 Å². The van der Waals surface area contributed by atoms with Crippen LogP contribution in [0.25, 0.3) is 0 Å². The quantitative estimate of drug-likeness (QED) is 0.333. The Labute approximate surface area is 103 Å². The highest BCUT2D eigenvalue weighted by Gasteiger charge is 2.33. The fourth-order valence-electron chi connectivity index (χ4n) is 1.16. The van der Waals surface area contributed by atoms with Crippen LogP contribution in [0.15, 0.2) is 25.3 Å². The molecule has 0 aliphatic rings. The zero-order chi connectivity index (χ0) is 13.5. The van der Waals surface area contributed by atoms with E-state index in [1.54, 1.807) is 6.08 Å². The van der Waals surface area contributed by atoms with Gasteiger partial charge in [0.1, 0.15) is 6.04 Å². The Hall–Kier alpha value is -1.58. The van der Waals surface area contributed by atoms with Crippen LogP contribution in [0.3, 0.4) is 0 Å². The summed E-state index contributed by atoms with van der Waals surface area (Å²) in [6, 6.07) is -0.683. The zero-order valence-corrected chi connectivity index (χ0v) is 10.8. The summed E-state index contributed by atoms with van der Waals surface area (Å²) in [5, 5.41) is 2.58. The van der Waals surface area contributed by atoms with Gasteiger partial charge >= 0.3 is 5.97 Å². The van der Waals surface area contributed by atoms with Gasteiger partial charge in [0, 0.05) is 0 Å². The maximum Gasteiger partial charge on any atom is 0.329 e. The lowest BCUT2D eigenvalue weighted by atomic mass is 9.86. The molecule has 0 bridgehead atoms. The third-order valence-electron chi connectivity index (χ3n) is 2.14. The molecule has 0 aliphatic carbocycles. The summed E-state index contributed by atoms with van der Waals surface area (Å²) in [4.78, 5) is 23.1. The standard InChI is InChI=1S/C13H21NO3/c1-6-8-9-17-12(16)11(13(3,4)5)14-10(15)7-2/h6-7,11H,1-2,8-9H2,3-5H3,(H,14,15)/t11-/m1/s1. The Morgan fingerprint density at radius 3 is 2.35 bits per heavy atom. The molecular weight excluding hydrogens is 218 g/mol. The highest BCUT2D eigenvalue weighted by molar-refractivity contribution is 5.91. The Morgan fingerprint density at radius 1 is 1.35 bits per heavy atom. The lowest BCUT2D eigenvalue weighted by molar-refractivity contribution is -0.150. The normalized spacial score (nSPS) is 12.4. The summed E-state index contributed by atoms with van der Waals surface area (Å²) in [6.07, 6.45) is 3.40. The number of carbonyl (C=O) groups excluding carboxylic acids is 2. The fraction of sp³-hybridized carbons (Fsp3) is 0.538. The minimum atomic E-state index is -0.683. The Morgan fingerprint density at radius 2 is 1.94 bits per heavy atom. The van der Waals surface area contributed by atoms with E-state index in [0.717, 1.165) is 6.08 Å². The second-order valence-corrected chi connectivity index (χ2v) is 4.76. The molecule has 4 heteroatoms. The van der Waals surface area contributed by atoms with Crippen LogP contribution in [0.5, 0.6) is 0 Å². The van der Waals surface area contributed by atoms with Crippen LogP contribution in [0, 0.1) is 5.41 Å². The monoisotopic (exact) mass is 239 g/mol. The van der Waals surface area contributed by atoms with Gasteiger partial charge in [0.05, 0.1) is 6.61 Å². The highest BCUT2D eigenvalue weighted by Crippen LogP contribution is 2.20. The zero-order valence-electron chi connectivity index (χ0n) is 10.8. The Bertz CT molecular complexity index is 302. The second kappa shape index (κ2) is 6.89. The molecule has 0 aromatic carbocycles. The Kier molecular flexibility index (Phi) is 6.25. The molecule has 1 amide bonds. The first-order valence-corrected chi connectivity index (χ1v) is 5.53. The molecule has 0 aromatic rings. The van der Waals surface area contributed by atoms with Gasteiger partial charge < -0.3 is 10.1 Å². The molecule has 1 atom stereocenters. The van der Waals surface area contributed by atoms with Gasteiger partial charge in [-0.1, -0.05) is 33.4 Å². The first-order chi connectivity index (χ1) is 7.82. The van der Waals surface area contributed by atoms with E-state index in [-0.39, 0.29) is 12.5 Å². The summed E-state index contributed by atoms with van der Waals surface area (Å²) in [5.41, 5.74) is -0.413. The maximum absolute atomic E-state index is 11.8. The predicted octanol–water partition coefficient (Wildman–Crippen LogP) is 1.82. The molecule has 0 aromatic heterocycles. The average molecular weight is 239 g/mol. The third kappa shape index (κ3) is 5.90. The van der Waals surface area contributed by atoms with Gasteiger partial charge in [-0.25, -0.2) is 4.79 Å². The van der Waals surface area contributed by atoms with E-state index in [4.69, 9.17) is 4.74 Å². The van der Waals surface area contributed by atoms with Crippen molar-refractivity contribution in [3.8, 4) is 0 Å². The van der Waals surface area contributed by atoms with Gasteiger partial charge in [-0.05, 0) is 17.9 Å². The van der Waals surface area contributed by atoms with Crippen LogP contribution in [-0.2, 0) is 14.3 Å². The second-order valence-electron chi connectivity index (χ2n) is 4.76. The topological polar surface area (TPSA) is 55.4 Å². The van der Waals surface area contributed by atoms with E-state index in [9.17, 15) is 9.59 Å². The van der Waals surface area contributed by atoms with Gasteiger partial charge in [-0.3, -0.25) is 4.79 Å². The summed E-state index contributed by atoms with van der Waals surface area (Å²) in [7, 11) is 0. The van der Waals surface area contributed by atoms with Crippen molar-refractivity contribution in [3.63, 3.8) is 0 Å². The summed E-state index contributed by atoms with van der Waals surface area (Å²) >= 11 is 0. The van der Waals surface area contributed by atoms with E-state index in [1.807, 2.05) is 20.8 Å². The lowest BCUT2D eigenvalue weighted by Crippen LogP contribution is -2.49. The molecule has 0 fully saturated rings. The fourth-order valence-corrected chi connectivity index (χ4v) is 1.16. The van der Waals surface area contributed by atoms with Crippen molar-refractivity contribution >= 4 is 11.9 Å².